The molecule has 22 heavy (non-hydrogen) atoms. The largest absolute Gasteiger partial charge is 0.312 e. The molecule has 2 aliphatic heterocycles. The number of piperidine rings is 1. The molecule has 2 heterocycles. The van der Waals surface area contributed by atoms with Crippen LogP contribution in [0.15, 0.2) is 24.3 Å². The van der Waals surface area contributed by atoms with Crippen molar-refractivity contribution in [2.45, 2.75) is 32.1 Å². The number of carbonyl (C=O) groups excluding carboxylic acids is 1. The lowest BCUT2D eigenvalue weighted by atomic mass is 9.93. The maximum absolute atomic E-state index is 12.9. The van der Waals surface area contributed by atoms with E-state index in [1.54, 1.807) is 0 Å². The lowest BCUT2D eigenvalue weighted by Gasteiger charge is -2.36. The molecule has 4 nitrogen and oxygen atoms in total. The minimum atomic E-state index is 0.143. The van der Waals surface area contributed by atoms with Gasteiger partial charge >= 0.3 is 0 Å². The van der Waals surface area contributed by atoms with E-state index in [1.807, 2.05) is 11.0 Å². The Morgan fingerprint density at radius 1 is 1.23 bits per heavy atom. The van der Waals surface area contributed by atoms with E-state index in [9.17, 15) is 4.79 Å². The van der Waals surface area contributed by atoms with E-state index in [0.717, 1.165) is 57.5 Å². The summed E-state index contributed by atoms with van der Waals surface area (Å²) in [5.74, 6) is 0.441. The van der Waals surface area contributed by atoms with Gasteiger partial charge in [0.25, 0.3) is 0 Å². The van der Waals surface area contributed by atoms with Gasteiger partial charge in [-0.3, -0.25) is 4.79 Å². The molecule has 0 aliphatic carbocycles. The van der Waals surface area contributed by atoms with Crippen LogP contribution in [0.3, 0.4) is 0 Å². The molecule has 0 aromatic heterocycles. The molecule has 1 amide bonds. The fraction of sp³-hybridized carbons (Fsp3) is 0.556. The number of hydrogen-bond donors (Lipinski definition) is 0. The number of benzene rings is 1. The molecule has 0 N–H and O–H groups in total. The van der Waals surface area contributed by atoms with Crippen molar-refractivity contribution in [2.24, 2.45) is 5.92 Å². The fourth-order valence-corrected chi connectivity index (χ4v) is 3.59. The topological polar surface area (TPSA) is 47.3 Å². The van der Waals surface area contributed by atoms with E-state index in [2.05, 4.69) is 29.2 Å². The highest BCUT2D eigenvalue weighted by atomic mass is 16.2. The van der Waals surface area contributed by atoms with E-state index in [0.29, 0.717) is 12.3 Å². The molecule has 0 radical (unpaired) electrons. The summed E-state index contributed by atoms with van der Waals surface area (Å²) in [5.41, 5.74) is 2.42. The van der Waals surface area contributed by atoms with Crippen molar-refractivity contribution in [2.75, 3.05) is 31.1 Å². The molecule has 0 saturated carbocycles. The molecular weight excluding hydrogens is 274 g/mol. The minimum absolute atomic E-state index is 0.143. The fourth-order valence-electron chi connectivity index (χ4n) is 3.59. The summed E-state index contributed by atoms with van der Waals surface area (Å²) >= 11 is 0. The van der Waals surface area contributed by atoms with Crippen LogP contribution in [0, 0.1) is 17.2 Å². The first kappa shape index (κ1) is 15.1. The molecule has 0 bridgehead atoms. The SMILES string of the molecule is N#CCCN1CCC(C(=O)N2CCCc3ccccc32)CC1. The van der Waals surface area contributed by atoms with Crippen LogP contribution in [0.5, 0.6) is 0 Å². The molecular formula is C18H23N3O. The Morgan fingerprint density at radius 2 is 2.00 bits per heavy atom. The van der Waals surface area contributed by atoms with Crippen molar-refractivity contribution in [3.63, 3.8) is 0 Å². The van der Waals surface area contributed by atoms with Crippen LogP contribution in [-0.2, 0) is 11.2 Å². The number of carbonyl (C=O) groups is 1. The smallest absolute Gasteiger partial charge is 0.230 e. The molecule has 2 aliphatic rings. The molecule has 3 rings (SSSR count). The lowest BCUT2D eigenvalue weighted by Crippen LogP contribution is -2.44. The number of nitriles is 1. The van der Waals surface area contributed by atoms with E-state index >= 15 is 0 Å². The van der Waals surface area contributed by atoms with E-state index in [4.69, 9.17) is 5.26 Å². The molecule has 116 valence electrons. The second-order valence-electron chi connectivity index (χ2n) is 6.25. The van der Waals surface area contributed by atoms with Crippen LogP contribution in [0.4, 0.5) is 5.69 Å². The molecule has 4 heteroatoms. The second-order valence-corrected chi connectivity index (χ2v) is 6.25. The highest BCUT2D eigenvalue weighted by Gasteiger charge is 2.31. The van der Waals surface area contributed by atoms with Gasteiger partial charge in [-0.1, -0.05) is 18.2 Å². The molecule has 1 fully saturated rings. The Morgan fingerprint density at radius 3 is 2.77 bits per heavy atom. The summed E-state index contributed by atoms with van der Waals surface area (Å²) < 4.78 is 0. The number of hydrogen-bond acceptors (Lipinski definition) is 3. The number of fused-ring (bicyclic) bond motifs is 1. The zero-order valence-electron chi connectivity index (χ0n) is 13.0. The van der Waals surface area contributed by atoms with Crippen LogP contribution in [-0.4, -0.2) is 37.0 Å². The number of amides is 1. The molecule has 1 saturated heterocycles. The average Bonchev–Trinajstić information content (AvgIpc) is 2.59. The molecule has 1 aromatic carbocycles. The van der Waals surface area contributed by atoms with E-state index in [1.165, 1.54) is 5.56 Å². The van der Waals surface area contributed by atoms with Gasteiger partial charge in [0.05, 0.1) is 6.07 Å². The van der Waals surface area contributed by atoms with Crippen LogP contribution >= 0.6 is 0 Å². The Bertz CT molecular complexity index is 570. The molecule has 0 unspecified atom stereocenters. The maximum Gasteiger partial charge on any atom is 0.230 e. The summed E-state index contributed by atoms with van der Waals surface area (Å²) in [4.78, 5) is 17.2. The molecule has 1 aromatic rings. The van der Waals surface area contributed by atoms with Gasteiger partial charge in [-0.2, -0.15) is 5.26 Å². The normalized spacial score (nSPS) is 19.5. The quantitative estimate of drug-likeness (QED) is 0.861. The first-order chi connectivity index (χ1) is 10.8. The van der Waals surface area contributed by atoms with Crippen molar-refractivity contribution >= 4 is 11.6 Å². The minimum Gasteiger partial charge on any atom is -0.312 e. The van der Waals surface area contributed by atoms with Crippen LogP contribution in [0.2, 0.25) is 0 Å². The lowest BCUT2D eigenvalue weighted by molar-refractivity contribution is -0.123. The van der Waals surface area contributed by atoms with Crippen molar-refractivity contribution in [1.29, 1.82) is 5.26 Å². The molecule has 0 atom stereocenters. The van der Waals surface area contributed by atoms with E-state index in [-0.39, 0.29) is 5.92 Å². The van der Waals surface area contributed by atoms with Crippen molar-refractivity contribution in [3.8, 4) is 6.07 Å². The Hall–Kier alpha value is -1.86. The number of nitrogens with zero attached hydrogens (tertiary/aromatic N) is 3. The molecule has 0 spiro atoms. The maximum atomic E-state index is 12.9. The zero-order chi connectivity index (χ0) is 15.4. The average molecular weight is 297 g/mol. The summed E-state index contributed by atoms with van der Waals surface area (Å²) in [6.45, 7) is 3.57. The zero-order valence-corrected chi connectivity index (χ0v) is 13.0. The van der Waals surface area contributed by atoms with Gasteiger partial charge in [-0.15, -0.1) is 0 Å². The monoisotopic (exact) mass is 297 g/mol. The van der Waals surface area contributed by atoms with Crippen LogP contribution in [0.25, 0.3) is 0 Å². The Labute approximate surface area is 132 Å². The summed E-state index contributed by atoms with van der Waals surface area (Å²) in [7, 11) is 0. The van der Waals surface area contributed by atoms with Crippen molar-refractivity contribution in [1.82, 2.24) is 4.90 Å². The summed E-state index contributed by atoms with van der Waals surface area (Å²) in [6, 6.07) is 10.5. The highest BCUT2D eigenvalue weighted by Crippen LogP contribution is 2.30. The predicted molar refractivity (Wildman–Crippen MR) is 86.5 cm³/mol. The van der Waals surface area contributed by atoms with Gasteiger partial charge in [0.1, 0.15) is 0 Å². The van der Waals surface area contributed by atoms with Gasteiger partial charge in [0.15, 0.2) is 0 Å². The Kier molecular flexibility index (Phi) is 4.74. The van der Waals surface area contributed by atoms with Gasteiger partial charge in [0, 0.05) is 31.1 Å². The second kappa shape index (κ2) is 6.93. The number of para-hydroxylation sites is 1. The van der Waals surface area contributed by atoms with Gasteiger partial charge in [0.2, 0.25) is 5.91 Å². The van der Waals surface area contributed by atoms with Crippen LogP contribution in [0.1, 0.15) is 31.2 Å². The third kappa shape index (κ3) is 3.15. The highest BCUT2D eigenvalue weighted by molar-refractivity contribution is 5.96. The summed E-state index contributed by atoms with van der Waals surface area (Å²) in [5, 5.41) is 8.66. The van der Waals surface area contributed by atoms with E-state index < -0.39 is 0 Å². The summed E-state index contributed by atoms with van der Waals surface area (Å²) in [6.07, 6.45) is 4.56. The van der Waals surface area contributed by atoms with Gasteiger partial charge in [-0.25, -0.2) is 0 Å². The Balaban J connectivity index is 1.63. The first-order valence-electron chi connectivity index (χ1n) is 8.28. The number of aryl methyl sites for hydroxylation is 1. The van der Waals surface area contributed by atoms with Gasteiger partial charge in [-0.05, 0) is 50.4 Å². The standard InChI is InChI=1S/C18H23N3O/c19-10-4-11-20-13-8-16(9-14-20)18(22)21-12-3-6-15-5-1-2-7-17(15)21/h1-2,5,7,16H,3-4,6,8-9,11-14H2. The number of rotatable bonds is 3. The third-order valence-electron chi connectivity index (χ3n) is 4.85. The van der Waals surface area contributed by atoms with Crippen molar-refractivity contribution < 1.29 is 4.79 Å². The third-order valence-corrected chi connectivity index (χ3v) is 4.85. The number of likely N-dealkylation sites (tertiary alicyclic amines) is 1. The first-order valence-corrected chi connectivity index (χ1v) is 8.28. The van der Waals surface area contributed by atoms with Gasteiger partial charge < -0.3 is 9.80 Å². The van der Waals surface area contributed by atoms with Crippen LogP contribution < -0.4 is 4.90 Å². The number of anilines is 1. The predicted octanol–water partition coefficient (Wildman–Crippen LogP) is 2.59. The van der Waals surface area contributed by atoms with Crippen molar-refractivity contribution in [3.05, 3.63) is 29.8 Å².